The van der Waals surface area contributed by atoms with E-state index in [-0.39, 0.29) is 12.2 Å². The molecule has 2 aliphatic rings. The number of rotatable bonds is 5. The molecule has 2 heterocycles. The highest BCUT2D eigenvalue weighted by Gasteiger charge is 2.35. The molecule has 1 fully saturated rings. The molecule has 1 saturated heterocycles. The van der Waals surface area contributed by atoms with Crippen LogP contribution in [0.15, 0.2) is 48.5 Å². The highest BCUT2D eigenvalue weighted by atomic mass is 16.5. The molecule has 154 valence electrons. The number of piperidine rings is 1. The maximum atomic E-state index is 10.6. The van der Waals surface area contributed by atoms with Crippen LogP contribution >= 0.6 is 0 Å². The number of aromatic hydroxyl groups is 1. The van der Waals surface area contributed by atoms with E-state index in [1.54, 1.807) is 0 Å². The zero-order valence-corrected chi connectivity index (χ0v) is 17.3. The first-order valence-corrected chi connectivity index (χ1v) is 10.8. The zero-order valence-electron chi connectivity index (χ0n) is 17.3. The molecule has 2 aliphatic heterocycles. The lowest BCUT2D eigenvalue weighted by molar-refractivity contribution is -0.0641. The highest BCUT2D eigenvalue weighted by Crippen LogP contribution is 2.40. The van der Waals surface area contributed by atoms with Crippen LogP contribution in [0.2, 0.25) is 0 Å². The lowest BCUT2D eigenvalue weighted by atomic mass is 9.83. The molecular weight excluding hydrogens is 360 g/mol. The van der Waals surface area contributed by atoms with Crippen molar-refractivity contribution in [1.29, 1.82) is 0 Å². The van der Waals surface area contributed by atoms with Gasteiger partial charge in [-0.2, -0.15) is 0 Å². The van der Waals surface area contributed by atoms with Gasteiger partial charge in [-0.15, -0.1) is 0 Å². The van der Waals surface area contributed by atoms with Gasteiger partial charge in [0.05, 0.1) is 12.2 Å². The first-order chi connectivity index (χ1) is 14.2. The third kappa shape index (κ3) is 4.55. The van der Waals surface area contributed by atoms with E-state index in [0.717, 1.165) is 55.6 Å². The number of aryl methyl sites for hydroxylation is 1. The van der Waals surface area contributed by atoms with Crippen LogP contribution in [-0.2, 0) is 11.2 Å². The van der Waals surface area contributed by atoms with Gasteiger partial charge >= 0.3 is 0 Å². The molecule has 0 unspecified atom stereocenters. The summed E-state index contributed by atoms with van der Waals surface area (Å²) in [5.74, 6) is 0.948. The van der Waals surface area contributed by atoms with Crippen molar-refractivity contribution in [2.45, 2.75) is 38.4 Å². The van der Waals surface area contributed by atoms with Crippen LogP contribution in [0.1, 0.15) is 41.2 Å². The molecule has 4 heteroatoms. The highest BCUT2D eigenvalue weighted by molar-refractivity contribution is 5.49. The molecule has 0 aromatic heterocycles. The van der Waals surface area contributed by atoms with Crippen molar-refractivity contribution in [3.63, 3.8) is 0 Å². The second-order valence-corrected chi connectivity index (χ2v) is 8.35. The topological polar surface area (TPSA) is 58.7 Å². The average Bonchev–Trinajstić information content (AvgIpc) is 2.77. The Labute approximate surface area is 174 Å². The van der Waals surface area contributed by atoms with Gasteiger partial charge in [0, 0.05) is 25.1 Å². The van der Waals surface area contributed by atoms with Crippen LogP contribution in [0.3, 0.4) is 0 Å². The fourth-order valence-corrected chi connectivity index (χ4v) is 4.69. The minimum absolute atomic E-state index is 0.109. The van der Waals surface area contributed by atoms with Crippen molar-refractivity contribution < 1.29 is 9.84 Å². The molecule has 0 amide bonds. The first-order valence-electron chi connectivity index (χ1n) is 10.8. The fraction of sp³-hybridized carbons (Fsp3) is 0.440. The minimum Gasteiger partial charge on any atom is -0.507 e. The van der Waals surface area contributed by atoms with Gasteiger partial charge in [0.1, 0.15) is 5.75 Å². The standard InChI is InChI=1S/C25H32N2O2/c1-18-9-10-21-22(25(18)28)16-23(29-24(21)17-26)20-11-14-27(15-12-20)13-5-8-19-6-3-2-4-7-19/h2-10,20,23-24,28H,11-17,26H2,1H3/b8-5+/t23-,24-/m0/s1. The summed E-state index contributed by atoms with van der Waals surface area (Å²) in [6.45, 7) is 5.57. The molecular formula is C25H32N2O2. The van der Waals surface area contributed by atoms with E-state index in [1.165, 1.54) is 5.56 Å². The number of nitrogens with zero attached hydrogens (tertiary/aromatic N) is 1. The minimum atomic E-state index is -0.109. The zero-order chi connectivity index (χ0) is 20.2. The van der Waals surface area contributed by atoms with E-state index in [9.17, 15) is 5.11 Å². The summed E-state index contributed by atoms with van der Waals surface area (Å²) < 4.78 is 6.40. The predicted molar refractivity (Wildman–Crippen MR) is 118 cm³/mol. The van der Waals surface area contributed by atoms with E-state index < -0.39 is 0 Å². The van der Waals surface area contributed by atoms with Crippen molar-refractivity contribution in [2.24, 2.45) is 11.7 Å². The largest absolute Gasteiger partial charge is 0.507 e. The summed E-state index contributed by atoms with van der Waals surface area (Å²) in [5, 5.41) is 10.6. The number of nitrogens with two attached hydrogens (primary N) is 1. The van der Waals surface area contributed by atoms with Gasteiger partial charge in [-0.25, -0.2) is 0 Å². The Hall–Kier alpha value is -2.14. The van der Waals surface area contributed by atoms with E-state index in [0.29, 0.717) is 18.2 Å². The Morgan fingerprint density at radius 1 is 1.14 bits per heavy atom. The molecule has 0 radical (unpaired) electrons. The molecule has 0 aliphatic carbocycles. The number of likely N-dealkylation sites (tertiary alicyclic amines) is 1. The molecule has 0 bridgehead atoms. The van der Waals surface area contributed by atoms with Crippen LogP contribution in [0.25, 0.3) is 6.08 Å². The summed E-state index contributed by atoms with van der Waals surface area (Å²) in [6.07, 6.45) is 7.54. The van der Waals surface area contributed by atoms with Gasteiger partial charge in [0.25, 0.3) is 0 Å². The summed E-state index contributed by atoms with van der Waals surface area (Å²) in [4.78, 5) is 2.51. The van der Waals surface area contributed by atoms with Gasteiger partial charge in [-0.3, -0.25) is 4.90 Å². The number of benzene rings is 2. The predicted octanol–water partition coefficient (Wildman–Crippen LogP) is 4.07. The summed E-state index contributed by atoms with van der Waals surface area (Å²) >= 11 is 0. The van der Waals surface area contributed by atoms with Gasteiger partial charge in [-0.1, -0.05) is 54.6 Å². The van der Waals surface area contributed by atoms with Crippen molar-refractivity contribution in [2.75, 3.05) is 26.2 Å². The third-order valence-electron chi connectivity index (χ3n) is 6.46. The SMILES string of the molecule is Cc1ccc2c(c1O)C[C@@H](C1CCN(C/C=C/c3ccccc3)CC1)O[C@H]2CN. The molecule has 4 nitrogen and oxygen atoms in total. The lowest BCUT2D eigenvalue weighted by Crippen LogP contribution is -2.42. The molecule has 3 N–H and O–H groups in total. The van der Waals surface area contributed by atoms with E-state index in [4.69, 9.17) is 10.5 Å². The smallest absolute Gasteiger partial charge is 0.122 e. The number of phenolic OH excluding ortho intramolecular Hbond substituents is 1. The molecule has 29 heavy (non-hydrogen) atoms. The second kappa shape index (κ2) is 9.12. The summed E-state index contributed by atoms with van der Waals surface area (Å²) in [5.41, 5.74) is 10.3. The van der Waals surface area contributed by atoms with Crippen molar-refractivity contribution in [3.05, 3.63) is 70.8 Å². The number of ether oxygens (including phenoxy) is 1. The lowest BCUT2D eigenvalue weighted by Gasteiger charge is -2.40. The average molecular weight is 393 g/mol. The Balaban J connectivity index is 1.35. The Kier molecular flexibility index (Phi) is 6.34. The van der Waals surface area contributed by atoms with Crippen molar-refractivity contribution >= 4 is 6.08 Å². The Morgan fingerprint density at radius 2 is 1.90 bits per heavy atom. The maximum Gasteiger partial charge on any atom is 0.122 e. The van der Waals surface area contributed by atoms with Gasteiger partial charge in [0.2, 0.25) is 0 Å². The maximum absolute atomic E-state index is 10.6. The molecule has 0 spiro atoms. The Morgan fingerprint density at radius 3 is 2.62 bits per heavy atom. The van der Waals surface area contributed by atoms with Crippen LogP contribution in [0.5, 0.6) is 5.75 Å². The molecule has 0 saturated carbocycles. The second-order valence-electron chi connectivity index (χ2n) is 8.35. The number of hydrogen-bond donors (Lipinski definition) is 2. The summed E-state index contributed by atoms with van der Waals surface area (Å²) in [7, 11) is 0. The Bertz CT molecular complexity index is 841. The third-order valence-corrected chi connectivity index (χ3v) is 6.46. The van der Waals surface area contributed by atoms with Crippen LogP contribution in [-0.4, -0.2) is 42.3 Å². The van der Waals surface area contributed by atoms with Crippen molar-refractivity contribution in [3.8, 4) is 5.75 Å². The van der Waals surface area contributed by atoms with Gasteiger partial charge in [-0.05, 0) is 55.5 Å². The first kappa shape index (κ1) is 20.1. The molecule has 2 atom stereocenters. The van der Waals surface area contributed by atoms with E-state index >= 15 is 0 Å². The van der Waals surface area contributed by atoms with E-state index in [1.807, 2.05) is 19.1 Å². The van der Waals surface area contributed by atoms with Crippen LogP contribution < -0.4 is 5.73 Å². The van der Waals surface area contributed by atoms with Gasteiger partial charge in [0.15, 0.2) is 0 Å². The number of phenols is 1. The quantitative estimate of drug-likeness (QED) is 0.805. The number of hydrogen-bond acceptors (Lipinski definition) is 4. The summed E-state index contributed by atoms with van der Waals surface area (Å²) in [6, 6.07) is 14.5. The van der Waals surface area contributed by atoms with Crippen LogP contribution in [0, 0.1) is 12.8 Å². The van der Waals surface area contributed by atoms with Gasteiger partial charge < -0.3 is 15.6 Å². The molecule has 4 rings (SSSR count). The number of fused-ring (bicyclic) bond motifs is 1. The van der Waals surface area contributed by atoms with Crippen molar-refractivity contribution in [1.82, 2.24) is 4.90 Å². The van der Waals surface area contributed by atoms with Crippen LogP contribution in [0.4, 0.5) is 0 Å². The van der Waals surface area contributed by atoms with E-state index in [2.05, 4.69) is 47.4 Å². The molecule has 2 aromatic rings. The normalized spacial score (nSPS) is 23.4. The fourth-order valence-electron chi connectivity index (χ4n) is 4.69. The monoisotopic (exact) mass is 392 g/mol. The molecule has 2 aromatic carbocycles.